The highest BCUT2D eigenvalue weighted by molar-refractivity contribution is 7.89. The summed E-state index contributed by atoms with van der Waals surface area (Å²) in [6, 6.07) is 5.61. The second kappa shape index (κ2) is 19.6. The van der Waals surface area contributed by atoms with E-state index >= 15 is 0 Å². The van der Waals surface area contributed by atoms with E-state index in [0.29, 0.717) is 10.8 Å². The van der Waals surface area contributed by atoms with Gasteiger partial charge in [-0.3, -0.25) is 19.2 Å². The Kier molecular flexibility index (Phi) is 16.7. The van der Waals surface area contributed by atoms with Crippen molar-refractivity contribution in [2.24, 2.45) is 17.8 Å². The highest BCUT2D eigenvalue weighted by Gasteiger charge is 2.32. The molecule has 0 saturated heterocycles. The highest BCUT2D eigenvalue weighted by Crippen LogP contribution is 2.30. The van der Waals surface area contributed by atoms with Crippen LogP contribution in [0.25, 0.3) is 10.8 Å². The van der Waals surface area contributed by atoms with Gasteiger partial charge in [-0.25, -0.2) is 17.9 Å². The van der Waals surface area contributed by atoms with Gasteiger partial charge < -0.3 is 31.3 Å². The Hall–Kier alpha value is -3.89. The van der Waals surface area contributed by atoms with Gasteiger partial charge in [0.1, 0.15) is 24.2 Å². The number of carbonyl (C=O) groups is 5. The van der Waals surface area contributed by atoms with Gasteiger partial charge in [-0.05, 0) is 49.1 Å². The van der Waals surface area contributed by atoms with E-state index in [2.05, 4.69) is 38.6 Å². The summed E-state index contributed by atoms with van der Waals surface area (Å²) in [5.41, 5.74) is 0.821. The van der Waals surface area contributed by atoms with Gasteiger partial charge in [0, 0.05) is 36.3 Å². The maximum Gasteiger partial charge on any atom is 0.326 e. The van der Waals surface area contributed by atoms with Gasteiger partial charge in [-0.15, -0.1) is 0 Å². The number of hydrogen-bond donors (Lipinski definition) is 7. The van der Waals surface area contributed by atoms with Gasteiger partial charge in [0.25, 0.3) is 0 Å². The molecule has 0 aromatic heterocycles. The molecule has 2 aromatic carbocycles. The number of benzene rings is 2. The zero-order valence-corrected chi connectivity index (χ0v) is 32.4. The van der Waals surface area contributed by atoms with Crippen molar-refractivity contribution in [1.82, 2.24) is 26.0 Å². The molecule has 0 bridgehead atoms. The zero-order valence-electron chi connectivity index (χ0n) is 30.6. The average molecular weight is 751 g/mol. The van der Waals surface area contributed by atoms with Crippen molar-refractivity contribution in [3.63, 3.8) is 0 Å². The molecule has 4 atom stereocenters. The van der Waals surface area contributed by atoms with Crippen LogP contribution in [0.5, 0.6) is 0 Å². The molecule has 0 unspecified atom stereocenters. The van der Waals surface area contributed by atoms with Crippen molar-refractivity contribution < 1.29 is 37.5 Å². The minimum Gasteiger partial charge on any atom is -0.480 e. The summed E-state index contributed by atoms with van der Waals surface area (Å²) in [7, 11) is -0.450. The number of carboxylic acids is 1. The monoisotopic (exact) mass is 750 g/mol. The number of nitrogens with zero attached hydrogens (tertiary/aromatic N) is 1. The lowest BCUT2D eigenvalue weighted by Crippen LogP contribution is -2.58. The van der Waals surface area contributed by atoms with Crippen LogP contribution in [0.15, 0.2) is 41.3 Å². The zero-order chi connectivity index (χ0) is 38.6. The summed E-state index contributed by atoms with van der Waals surface area (Å²) in [6.07, 6.45) is 0.607. The van der Waals surface area contributed by atoms with Crippen LogP contribution in [0, 0.1) is 17.8 Å². The Morgan fingerprint density at radius 1 is 0.686 bits per heavy atom. The lowest BCUT2D eigenvalue weighted by molar-refractivity contribution is -0.143. The van der Waals surface area contributed by atoms with Gasteiger partial charge in [0.05, 0.1) is 11.4 Å². The Morgan fingerprint density at radius 3 is 1.61 bits per heavy atom. The van der Waals surface area contributed by atoms with Gasteiger partial charge in [0.15, 0.2) is 0 Å². The van der Waals surface area contributed by atoms with Gasteiger partial charge in [-0.2, -0.15) is 12.6 Å². The van der Waals surface area contributed by atoms with Crippen LogP contribution in [-0.2, 0) is 34.0 Å². The summed E-state index contributed by atoms with van der Waals surface area (Å²) >= 11 is 4.19. The molecule has 16 heteroatoms. The number of aliphatic carboxylic acids is 1. The highest BCUT2D eigenvalue weighted by atomic mass is 32.2. The topological polar surface area (TPSA) is 203 Å². The second-order valence-corrected chi connectivity index (χ2v) is 16.2. The first-order valence-corrected chi connectivity index (χ1v) is 19.1. The summed E-state index contributed by atoms with van der Waals surface area (Å²) in [5.74, 6) is -4.29. The first-order chi connectivity index (χ1) is 23.8. The molecule has 0 saturated carbocycles. The molecule has 6 N–H and O–H groups in total. The Labute approximate surface area is 306 Å². The predicted molar refractivity (Wildman–Crippen MR) is 201 cm³/mol. The molecule has 0 aliphatic rings. The Bertz CT molecular complexity index is 1650. The van der Waals surface area contributed by atoms with Crippen molar-refractivity contribution >= 4 is 68.7 Å². The average Bonchev–Trinajstić information content (AvgIpc) is 3.03. The Morgan fingerprint density at radius 2 is 1.14 bits per heavy atom. The predicted octanol–water partition coefficient (Wildman–Crippen LogP) is 2.28. The third-order valence-corrected chi connectivity index (χ3v) is 9.71. The van der Waals surface area contributed by atoms with E-state index in [1.165, 1.54) is 6.07 Å². The number of thiol groups is 1. The van der Waals surface area contributed by atoms with Crippen molar-refractivity contribution in [1.29, 1.82) is 0 Å². The summed E-state index contributed by atoms with van der Waals surface area (Å²) in [6.45, 7) is 10.4. The van der Waals surface area contributed by atoms with Crippen molar-refractivity contribution in [3.8, 4) is 0 Å². The fraction of sp³-hybridized carbons (Fsp3) is 0.571. The first-order valence-electron chi connectivity index (χ1n) is 17.0. The fourth-order valence-electron chi connectivity index (χ4n) is 5.48. The SMILES string of the molecule is CC(C)C[C@H](NC(=O)[C@H](CC(C)C)NC(=O)[C@H](CC(C)C)NC(=O)[C@H](CS)NC(=O)CNS(=O)(=O)c1cccc2c(N(C)C)cccc12)C(=O)O. The normalized spacial score (nSPS) is 14.1. The molecule has 14 nitrogen and oxygen atoms in total. The smallest absolute Gasteiger partial charge is 0.326 e. The summed E-state index contributed by atoms with van der Waals surface area (Å²) in [5, 5.41) is 21.1. The van der Waals surface area contributed by atoms with E-state index in [-0.39, 0.29) is 47.7 Å². The maximum absolute atomic E-state index is 13.5. The maximum atomic E-state index is 13.5. The number of carbonyl (C=O) groups excluding carboxylic acids is 4. The van der Waals surface area contributed by atoms with Crippen molar-refractivity contribution in [2.75, 3.05) is 31.3 Å². The van der Waals surface area contributed by atoms with E-state index in [0.717, 1.165) is 5.69 Å². The summed E-state index contributed by atoms with van der Waals surface area (Å²) < 4.78 is 28.9. The van der Waals surface area contributed by atoms with Crippen LogP contribution in [0.3, 0.4) is 0 Å². The molecule has 2 aromatic rings. The number of nitrogens with one attached hydrogen (secondary N) is 5. The van der Waals surface area contributed by atoms with Crippen LogP contribution in [0.1, 0.15) is 60.8 Å². The molecule has 0 radical (unpaired) electrons. The fourth-order valence-corrected chi connectivity index (χ4v) is 6.94. The third kappa shape index (κ3) is 13.3. The summed E-state index contributed by atoms with van der Waals surface area (Å²) in [4.78, 5) is 66.6. The number of sulfonamides is 1. The van der Waals surface area contributed by atoms with Crippen LogP contribution >= 0.6 is 12.6 Å². The lowest BCUT2D eigenvalue weighted by Gasteiger charge is -2.27. The minimum absolute atomic E-state index is 0.00330. The van der Waals surface area contributed by atoms with Crippen LogP contribution in [-0.4, -0.2) is 93.7 Å². The number of fused-ring (bicyclic) bond motifs is 1. The largest absolute Gasteiger partial charge is 0.480 e. The molecule has 0 fully saturated rings. The number of hydrogen-bond acceptors (Lipinski definition) is 9. The third-order valence-electron chi connectivity index (χ3n) is 7.89. The second-order valence-electron chi connectivity index (χ2n) is 14.1. The molecule has 4 amide bonds. The molecule has 0 heterocycles. The standard InChI is InChI=1S/C35H54N6O8S2/c1-20(2)15-25(32(43)38-26(16-21(3)4)33(44)40-27(35(46)47)17-22(5)6)39-34(45)28(19-50)37-31(42)18-36-51(48,49)30-14-10-11-23-24(30)12-9-13-29(23)41(7)8/h9-14,20-22,25-28,36,50H,15-19H2,1-8H3,(H,37,42)(H,38,43)(H,39,45)(H,40,44)(H,46,47)/t25-,26-,27-,28-/m0/s1. The van der Waals surface area contributed by atoms with Crippen LogP contribution < -0.4 is 30.9 Å². The van der Waals surface area contributed by atoms with E-state index < -0.39 is 70.3 Å². The van der Waals surface area contributed by atoms with Crippen LogP contribution in [0.4, 0.5) is 5.69 Å². The molecule has 51 heavy (non-hydrogen) atoms. The number of amides is 4. The van der Waals surface area contributed by atoms with E-state index in [4.69, 9.17) is 0 Å². The quantitative estimate of drug-likeness (QED) is 0.0992. The molecule has 0 aliphatic heterocycles. The van der Waals surface area contributed by atoms with E-state index in [1.54, 1.807) is 24.3 Å². The van der Waals surface area contributed by atoms with Gasteiger partial charge in [0.2, 0.25) is 33.7 Å². The lowest BCUT2D eigenvalue weighted by atomic mass is 9.99. The number of anilines is 1. The van der Waals surface area contributed by atoms with Gasteiger partial charge >= 0.3 is 5.97 Å². The van der Waals surface area contributed by atoms with Crippen molar-refractivity contribution in [3.05, 3.63) is 36.4 Å². The van der Waals surface area contributed by atoms with E-state index in [1.807, 2.05) is 66.6 Å². The Balaban J connectivity index is 2.16. The molecular formula is C35H54N6O8S2. The molecule has 0 spiro atoms. The molecule has 2 rings (SSSR count). The first kappa shape index (κ1) is 43.3. The van der Waals surface area contributed by atoms with Crippen molar-refractivity contribution in [2.45, 2.75) is 89.9 Å². The number of carboxylic acid groups (broad SMARTS) is 1. The molecule has 0 aliphatic carbocycles. The van der Waals surface area contributed by atoms with Crippen LogP contribution in [0.2, 0.25) is 0 Å². The minimum atomic E-state index is -4.14. The van der Waals surface area contributed by atoms with E-state index in [9.17, 15) is 37.5 Å². The molecule has 284 valence electrons. The number of rotatable bonds is 20. The molecular weight excluding hydrogens is 697 g/mol. The van der Waals surface area contributed by atoms with Gasteiger partial charge in [-0.1, -0.05) is 65.8 Å².